The van der Waals surface area contributed by atoms with Gasteiger partial charge in [-0.2, -0.15) is 4.98 Å². The molecule has 1 aromatic heterocycles. The van der Waals surface area contributed by atoms with Crippen LogP contribution >= 0.6 is 0 Å². The van der Waals surface area contributed by atoms with Crippen LogP contribution in [0.25, 0.3) is 10.8 Å². The van der Waals surface area contributed by atoms with E-state index in [4.69, 9.17) is 9.26 Å². The molecule has 0 aliphatic carbocycles. The first-order chi connectivity index (χ1) is 10.0. The Kier molecular flexibility index (Phi) is 3.37. The fourth-order valence-corrected chi connectivity index (χ4v) is 2.02. The Morgan fingerprint density at radius 3 is 2.52 bits per heavy atom. The smallest absolute Gasteiger partial charge is 0.232 e. The van der Waals surface area contributed by atoms with Crippen LogP contribution in [0.5, 0.6) is 5.75 Å². The summed E-state index contributed by atoms with van der Waals surface area (Å²) in [4.78, 5) is 4.36. The first-order valence-electron chi connectivity index (χ1n) is 6.97. The monoisotopic (exact) mass is 282 g/mol. The average Bonchev–Trinajstić information content (AvgIpc) is 2.94. The number of hydrogen-bond acceptors (Lipinski definition) is 4. The second kappa shape index (κ2) is 5.20. The molecule has 0 spiro atoms. The lowest BCUT2D eigenvalue weighted by molar-refractivity contribution is 0.280. The second-order valence-electron chi connectivity index (χ2n) is 6.06. The van der Waals surface area contributed by atoms with Gasteiger partial charge in [-0.05, 0) is 22.9 Å². The highest BCUT2D eigenvalue weighted by molar-refractivity contribution is 5.83. The van der Waals surface area contributed by atoms with E-state index in [1.807, 2.05) is 51.1 Å². The van der Waals surface area contributed by atoms with Crippen LogP contribution in [0.4, 0.5) is 0 Å². The molecule has 0 saturated carbocycles. The van der Waals surface area contributed by atoms with Gasteiger partial charge in [-0.1, -0.05) is 56.3 Å². The van der Waals surface area contributed by atoms with Crippen LogP contribution in [-0.2, 0) is 12.0 Å². The van der Waals surface area contributed by atoms with Crippen molar-refractivity contribution >= 4 is 10.8 Å². The van der Waals surface area contributed by atoms with Crippen molar-refractivity contribution in [2.75, 3.05) is 0 Å². The van der Waals surface area contributed by atoms with E-state index >= 15 is 0 Å². The van der Waals surface area contributed by atoms with Gasteiger partial charge in [0.15, 0.2) is 6.61 Å². The molecule has 4 nitrogen and oxygen atoms in total. The van der Waals surface area contributed by atoms with E-state index in [2.05, 4.69) is 22.3 Å². The second-order valence-corrected chi connectivity index (χ2v) is 6.06. The third kappa shape index (κ3) is 3.05. The summed E-state index contributed by atoms with van der Waals surface area (Å²) in [5.74, 6) is 1.99. The summed E-state index contributed by atoms with van der Waals surface area (Å²) in [5.41, 5.74) is -0.145. The quantitative estimate of drug-likeness (QED) is 0.725. The standard InChI is InChI=1S/C17H18N2O2/c1-17(2,3)16-18-15(19-21-16)11-20-14-9-8-12-6-4-5-7-13(12)10-14/h4-10H,11H2,1-3H3. The normalized spacial score (nSPS) is 11.8. The Hall–Kier alpha value is -2.36. The number of benzene rings is 2. The van der Waals surface area contributed by atoms with E-state index in [1.165, 1.54) is 5.39 Å². The lowest BCUT2D eigenvalue weighted by atomic mass is 9.97. The number of hydrogen-bond donors (Lipinski definition) is 0. The molecule has 0 bridgehead atoms. The summed E-state index contributed by atoms with van der Waals surface area (Å²) in [6.45, 7) is 6.41. The highest BCUT2D eigenvalue weighted by Gasteiger charge is 2.21. The lowest BCUT2D eigenvalue weighted by Crippen LogP contribution is -2.11. The fourth-order valence-electron chi connectivity index (χ4n) is 2.02. The zero-order valence-corrected chi connectivity index (χ0v) is 12.5. The molecule has 3 rings (SSSR count). The van der Waals surface area contributed by atoms with Gasteiger partial charge in [-0.15, -0.1) is 0 Å². The highest BCUT2D eigenvalue weighted by atomic mass is 16.5. The van der Waals surface area contributed by atoms with Gasteiger partial charge in [0.25, 0.3) is 0 Å². The average molecular weight is 282 g/mol. The molecule has 0 aliphatic rings. The Bertz CT molecular complexity index is 757. The third-order valence-electron chi connectivity index (χ3n) is 3.20. The van der Waals surface area contributed by atoms with Gasteiger partial charge in [0.1, 0.15) is 5.75 Å². The van der Waals surface area contributed by atoms with Crippen molar-refractivity contribution in [1.29, 1.82) is 0 Å². The zero-order chi connectivity index (χ0) is 14.9. The predicted molar refractivity (Wildman–Crippen MR) is 81.3 cm³/mol. The van der Waals surface area contributed by atoms with E-state index < -0.39 is 0 Å². The molecule has 3 aromatic rings. The molecule has 2 aromatic carbocycles. The number of fused-ring (bicyclic) bond motifs is 1. The molecule has 4 heteroatoms. The molecule has 0 unspecified atom stereocenters. The van der Waals surface area contributed by atoms with Crippen LogP contribution in [0, 0.1) is 0 Å². The van der Waals surface area contributed by atoms with Crippen molar-refractivity contribution in [2.45, 2.75) is 32.8 Å². The van der Waals surface area contributed by atoms with Crippen LogP contribution in [-0.4, -0.2) is 10.1 Å². The number of aromatic nitrogens is 2. The first kappa shape index (κ1) is 13.6. The van der Waals surface area contributed by atoms with E-state index in [0.717, 1.165) is 11.1 Å². The van der Waals surface area contributed by atoms with Gasteiger partial charge >= 0.3 is 0 Å². The molecule has 108 valence electrons. The van der Waals surface area contributed by atoms with E-state index in [0.29, 0.717) is 18.3 Å². The Labute approximate surface area is 123 Å². The maximum atomic E-state index is 5.74. The molecule has 1 heterocycles. The SMILES string of the molecule is CC(C)(C)c1nc(COc2ccc3ccccc3c2)no1. The van der Waals surface area contributed by atoms with Gasteiger partial charge in [0, 0.05) is 5.41 Å². The van der Waals surface area contributed by atoms with Crippen molar-refractivity contribution in [3.05, 3.63) is 54.2 Å². The van der Waals surface area contributed by atoms with Crippen molar-refractivity contribution < 1.29 is 9.26 Å². The third-order valence-corrected chi connectivity index (χ3v) is 3.20. The van der Waals surface area contributed by atoms with E-state index in [1.54, 1.807) is 0 Å². The Morgan fingerprint density at radius 2 is 1.81 bits per heavy atom. The van der Waals surface area contributed by atoms with E-state index in [-0.39, 0.29) is 5.41 Å². The number of rotatable bonds is 3. The molecule has 0 aliphatic heterocycles. The van der Waals surface area contributed by atoms with Crippen molar-refractivity contribution in [3.8, 4) is 5.75 Å². The maximum absolute atomic E-state index is 5.74. The maximum Gasteiger partial charge on any atom is 0.232 e. The minimum Gasteiger partial charge on any atom is -0.485 e. The molecular weight excluding hydrogens is 264 g/mol. The minimum absolute atomic E-state index is 0.145. The molecule has 0 radical (unpaired) electrons. The molecule has 0 N–H and O–H groups in total. The molecule has 0 fully saturated rings. The molecule has 0 saturated heterocycles. The van der Waals surface area contributed by atoms with E-state index in [9.17, 15) is 0 Å². The van der Waals surface area contributed by atoms with Gasteiger partial charge in [0.05, 0.1) is 0 Å². The van der Waals surface area contributed by atoms with Crippen molar-refractivity contribution in [3.63, 3.8) is 0 Å². The number of ether oxygens (including phenoxy) is 1. The number of nitrogens with zero attached hydrogens (tertiary/aromatic N) is 2. The van der Waals surface area contributed by atoms with Crippen LogP contribution in [0.3, 0.4) is 0 Å². The lowest BCUT2D eigenvalue weighted by Gasteiger charge is -2.10. The van der Waals surface area contributed by atoms with Crippen molar-refractivity contribution in [1.82, 2.24) is 10.1 Å². The van der Waals surface area contributed by atoms with Gasteiger partial charge in [-0.3, -0.25) is 0 Å². The molecular formula is C17H18N2O2. The Morgan fingerprint density at radius 1 is 1.05 bits per heavy atom. The summed E-state index contributed by atoms with van der Waals surface area (Å²) < 4.78 is 11.0. The van der Waals surface area contributed by atoms with Crippen LogP contribution in [0.15, 0.2) is 47.0 Å². The van der Waals surface area contributed by atoms with Gasteiger partial charge in [-0.25, -0.2) is 0 Å². The molecule has 21 heavy (non-hydrogen) atoms. The van der Waals surface area contributed by atoms with Crippen LogP contribution in [0.2, 0.25) is 0 Å². The first-order valence-corrected chi connectivity index (χ1v) is 6.97. The van der Waals surface area contributed by atoms with Crippen LogP contribution < -0.4 is 4.74 Å². The zero-order valence-electron chi connectivity index (χ0n) is 12.5. The van der Waals surface area contributed by atoms with Crippen molar-refractivity contribution in [2.24, 2.45) is 0 Å². The fraction of sp³-hybridized carbons (Fsp3) is 0.294. The molecule has 0 amide bonds. The predicted octanol–water partition coefficient (Wildman–Crippen LogP) is 4.10. The summed E-state index contributed by atoms with van der Waals surface area (Å²) in [6, 6.07) is 14.2. The highest BCUT2D eigenvalue weighted by Crippen LogP contribution is 2.22. The largest absolute Gasteiger partial charge is 0.485 e. The minimum atomic E-state index is -0.145. The summed E-state index contributed by atoms with van der Waals surface area (Å²) in [5, 5.41) is 6.29. The summed E-state index contributed by atoms with van der Waals surface area (Å²) in [6.07, 6.45) is 0. The van der Waals surface area contributed by atoms with Gasteiger partial charge < -0.3 is 9.26 Å². The summed E-state index contributed by atoms with van der Waals surface area (Å²) in [7, 11) is 0. The van der Waals surface area contributed by atoms with Gasteiger partial charge in [0.2, 0.25) is 11.7 Å². The Balaban J connectivity index is 1.73. The topological polar surface area (TPSA) is 48.2 Å². The molecule has 0 atom stereocenters. The van der Waals surface area contributed by atoms with Crippen LogP contribution in [0.1, 0.15) is 32.5 Å². The summed E-state index contributed by atoms with van der Waals surface area (Å²) >= 11 is 0.